The van der Waals surface area contributed by atoms with E-state index in [1.165, 1.54) is 17.7 Å². The third kappa shape index (κ3) is 6.12. The summed E-state index contributed by atoms with van der Waals surface area (Å²) in [5, 5.41) is 6.42. The maximum Gasteiger partial charge on any atom is 0.251 e. The third-order valence-corrected chi connectivity index (χ3v) is 6.35. The monoisotopic (exact) mass is 481 g/mol. The van der Waals surface area contributed by atoms with Gasteiger partial charge in [-0.25, -0.2) is 14.4 Å². The van der Waals surface area contributed by atoms with E-state index in [2.05, 4.69) is 49.8 Å². The summed E-state index contributed by atoms with van der Waals surface area (Å²) in [4.78, 5) is 24.0. The first kappa shape index (κ1) is 23.6. The van der Waals surface area contributed by atoms with Crippen molar-refractivity contribution in [2.75, 3.05) is 18.4 Å². The Labute approximate surface area is 210 Å². The normalized spacial score (nSPS) is 14.4. The fourth-order valence-corrected chi connectivity index (χ4v) is 4.36. The molecule has 182 valence electrons. The Morgan fingerprint density at radius 2 is 1.64 bits per heavy atom. The van der Waals surface area contributed by atoms with Crippen molar-refractivity contribution < 1.29 is 9.18 Å². The van der Waals surface area contributed by atoms with Gasteiger partial charge in [-0.1, -0.05) is 30.3 Å². The van der Waals surface area contributed by atoms with Gasteiger partial charge in [-0.15, -0.1) is 0 Å². The van der Waals surface area contributed by atoms with Crippen LogP contribution >= 0.6 is 0 Å². The largest absolute Gasteiger partial charge is 0.349 e. The lowest BCUT2D eigenvalue weighted by molar-refractivity contribution is 0.0909. The highest BCUT2D eigenvalue weighted by atomic mass is 19.1. The van der Waals surface area contributed by atoms with Crippen LogP contribution in [-0.2, 0) is 6.54 Å². The van der Waals surface area contributed by atoms with Crippen molar-refractivity contribution in [2.45, 2.75) is 25.4 Å². The van der Waals surface area contributed by atoms with E-state index in [9.17, 15) is 9.18 Å². The van der Waals surface area contributed by atoms with Gasteiger partial charge in [0.2, 0.25) is 0 Å². The average Bonchev–Trinajstić information content (AvgIpc) is 2.91. The van der Waals surface area contributed by atoms with Gasteiger partial charge < -0.3 is 10.6 Å². The zero-order valence-corrected chi connectivity index (χ0v) is 19.9. The number of likely N-dealkylation sites (tertiary alicyclic amines) is 1. The molecule has 1 amide bonds. The summed E-state index contributed by atoms with van der Waals surface area (Å²) in [5.41, 5.74) is 3.49. The number of hydrogen-bond acceptors (Lipinski definition) is 5. The molecule has 1 aromatic heterocycles. The first-order valence-corrected chi connectivity index (χ1v) is 12.2. The molecule has 0 saturated carbocycles. The zero-order valence-electron chi connectivity index (χ0n) is 19.9. The zero-order chi connectivity index (χ0) is 24.7. The van der Waals surface area contributed by atoms with Crippen LogP contribution in [0, 0.1) is 5.82 Å². The second-order valence-electron chi connectivity index (χ2n) is 8.98. The third-order valence-electron chi connectivity index (χ3n) is 6.35. The molecule has 5 rings (SSSR count). The second-order valence-corrected chi connectivity index (χ2v) is 8.98. The lowest BCUT2D eigenvalue weighted by Gasteiger charge is -2.32. The molecule has 0 aliphatic carbocycles. The number of rotatable bonds is 7. The summed E-state index contributed by atoms with van der Waals surface area (Å²) in [6.45, 7) is 2.90. The Balaban J connectivity index is 1.13. The summed E-state index contributed by atoms with van der Waals surface area (Å²) in [5.74, 6) is 0.768. The number of carbonyl (C=O) groups is 1. The molecule has 1 saturated heterocycles. The van der Waals surface area contributed by atoms with E-state index in [4.69, 9.17) is 0 Å². The van der Waals surface area contributed by atoms with Gasteiger partial charge in [-0.2, -0.15) is 0 Å². The molecule has 1 fully saturated rings. The highest BCUT2D eigenvalue weighted by Gasteiger charge is 2.21. The molecule has 2 heterocycles. The Morgan fingerprint density at radius 3 is 2.36 bits per heavy atom. The summed E-state index contributed by atoms with van der Waals surface area (Å²) < 4.78 is 13.2. The van der Waals surface area contributed by atoms with E-state index in [-0.39, 0.29) is 17.8 Å². The first-order chi connectivity index (χ1) is 17.6. The summed E-state index contributed by atoms with van der Waals surface area (Å²) in [6, 6.07) is 25.8. The molecule has 0 bridgehead atoms. The molecule has 0 atom stereocenters. The van der Waals surface area contributed by atoms with Crippen LogP contribution in [0.3, 0.4) is 0 Å². The van der Waals surface area contributed by atoms with Crippen LogP contribution in [0.1, 0.15) is 28.8 Å². The van der Waals surface area contributed by atoms with Crippen molar-refractivity contribution in [2.24, 2.45) is 0 Å². The topological polar surface area (TPSA) is 70.2 Å². The molecule has 36 heavy (non-hydrogen) atoms. The molecule has 4 aromatic rings. The summed E-state index contributed by atoms with van der Waals surface area (Å²) in [7, 11) is 0. The molecular formula is C29H28FN5O. The Kier molecular flexibility index (Phi) is 7.28. The number of carbonyl (C=O) groups excluding carboxylic acids is 1. The molecular weight excluding hydrogens is 453 g/mol. The van der Waals surface area contributed by atoms with E-state index >= 15 is 0 Å². The van der Waals surface area contributed by atoms with Gasteiger partial charge in [-0.05, 0) is 73.0 Å². The van der Waals surface area contributed by atoms with Gasteiger partial charge in [0.05, 0.1) is 0 Å². The molecule has 3 aromatic carbocycles. The van der Waals surface area contributed by atoms with Crippen molar-refractivity contribution in [3.05, 3.63) is 108 Å². The van der Waals surface area contributed by atoms with Crippen LogP contribution in [0.2, 0.25) is 0 Å². The highest BCUT2D eigenvalue weighted by molar-refractivity contribution is 5.94. The average molecular weight is 482 g/mol. The summed E-state index contributed by atoms with van der Waals surface area (Å²) in [6.07, 6.45) is 3.55. The molecule has 1 aliphatic heterocycles. The molecule has 0 unspecified atom stereocenters. The molecule has 0 radical (unpaired) electrons. The number of anilines is 2. The number of amides is 1. The Morgan fingerprint density at radius 1 is 0.917 bits per heavy atom. The van der Waals surface area contributed by atoms with Crippen LogP contribution in [0.25, 0.3) is 11.4 Å². The minimum absolute atomic E-state index is 0.0521. The van der Waals surface area contributed by atoms with E-state index in [0.29, 0.717) is 17.2 Å². The first-order valence-electron chi connectivity index (χ1n) is 12.2. The van der Waals surface area contributed by atoms with Crippen molar-refractivity contribution in [1.29, 1.82) is 0 Å². The van der Waals surface area contributed by atoms with Crippen LogP contribution in [0.15, 0.2) is 91.1 Å². The van der Waals surface area contributed by atoms with Gasteiger partial charge in [0.25, 0.3) is 5.91 Å². The van der Waals surface area contributed by atoms with Crippen molar-refractivity contribution in [1.82, 2.24) is 20.2 Å². The van der Waals surface area contributed by atoms with Crippen LogP contribution in [0.5, 0.6) is 0 Å². The fraction of sp³-hybridized carbons (Fsp3) is 0.207. The van der Waals surface area contributed by atoms with Gasteiger partial charge in [0, 0.05) is 48.7 Å². The maximum atomic E-state index is 13.2. The van der Waals surface area contributed by atoms with Crippen molar-refractivity contribution in [3.63, 3.8) is 0 Å². The van der Waals surface area contributed by atoms with Crippen LogP contribution in [-0.4, -0.2) is 39.9 Å². The van der Waals surface area contributed by atoms with E-state index in [0.717, 1.165) is 43.7 Å². The van der Waals surface area contributed by atoms with Gasteiger partial charge in [0.1, 0.15) is 11.6 Å². The maximum absolute atomic E-state index is 13.2. The minimum Gasteiger partial charge on any atom is -0.349 e. The lowest BCUT2D eigenvalue weighted by atomic mass is 10.0. The number of aromatic nitrogens is 2. The van der Waals surface area contributed by atoms with Crippen molar-refractivity contribution in [3.8, 4) is 11.4 Å². The number of hydrogen-bond donors (Lipinski definition) is 2. The quantitative estimate of drug-likeness (QED) is 0.369. The highest BCUT2D eigenvalue weighted by Crippen LogP contribution is 2.20. The predicted molar refractivity (Wildman–Crippen MR) is 139 cm³/mol. The van der Waals surface area contributed by atoms with E-state index in [1.54, 1.807) is 24.4 Å². The number of piperidine rings is 1. The molecule has 6 nitrogen and oxygen atoms in total. The smallest absolute Gasteiger partial charge is 0.251 e. The molecule has 0 spiro atoms. The predicted octanol–water partition coefficient (Wildman–Crippen LogP) is 5.42. The van der Waals surface area contributed by atoms with Crippen LogP contribution < -0.4 is 10.6 Å². The van der Waals surface area contributed by atoms with Crippen LogP contribution in [0.4, 0.5) is 15.9 Å². The van der Waals surface area contributed by atoms with Crippen molar-refractivity contribution >= 4 is 17.4 Å². The van der Waals surface area contributed by atoms with E-state index in [1.807, 2.05) is 30.3 Å². The molecule has 2 N–H and O–H groups in total. The summed E-state index contributed by atoms with van der Waals surface area (Å²) >= 11 is 0. The van der Waals surface area contributed by atoms with Gasteiger partial charge in [0.15, 0.2) is 5.82 Å². The Bertz CT molecular complexity index is 1290. The van der Waals surface area contributed by atoms with Gasteiger partial charge in [-0.3, -0.25) is 9.69 Å². The second kappa shape index (κ2) is 11.1. The fourth-order valence-electron chi connectivity index (χ4n) is 4.36. The Hall–Kier alpha value is -4.10. The number of nitrogens with one attached hydrogen (secondary N) is 2. The standard InChI is InChI=1S/C29H28FN5O/c30-24-10-6-22(7-11-24)28-31-17-14-27(34-28)32-25-12-8-23(9-13-25)29(36)33-26-15-18-35(19-16-26)20-21-4-2-1-3-5-21/h1-14,17,26H,15-16,18-20H2,(H,33,36)(H,31,32,34). The molecule has 7 heteroatoms. The van der Waals surface area contributed by atoms with Gasteiger partial charge >= 0.3 is 0 Å². The molecule has 1 aliphatic rings. The van der Waals surface area contributed by atoms with E-state index < -0.39 is 0 Å². The number of halogens is 1. The SMILES string of the molecule is O=C(NC1CCN(Cc2ccccc2)CC1)c1ccc(Nc2ccnc(-c3ccc(F)cc3)n2)cc1. The minimum atomic E-state index is -0.300. The number of nitrogens with zero attached hydrogens (tertiary/aromatic N) is 3. The number of benzene rings is 3. The lowest BCUT2D eigenvalue weighted by Crippen LogP contribution is -2.44.